The van der Waals surface area contributed by atoms with Crippen LogP contribution in [0.25, 0.3) is 0 Å². The smallest absolute Gasteiger partial charge is 0.244 e. The van der Waals surface area contributed by atoms with Gasteiger partial charge in [0.05, 0.1) is 19.4 Å². The minimum atomic E-state index is 0.126. The van der Waals surface area contributed by atoms with E-state index in [1.54, 1.807) is 13.1 Å². The van der Waals surface area contributed by atoms with Crippen molar-refractivity contribution in [2.75, 3.05) is 75.8 Å². The first kappa shape index (κ1) is 16.8. The molecule has 0 spiro atoms. The molecule has 0 aromatic carbocycles. The van der Waals surface area contributed by atoms with Crippen LogP contribution in [0.15, 0.2) is 6.20 Å². The number of carbonyl (C=O) groups is 1. The lowest BCUT2D eigenvalue weighted by Gasteiger charge is -2.34. The molecule has 132 valence electrons. The number of piperazine rings is 1. The summed E-state index contributed by atoms with van der Waals surface area (Å²) in [6.45, 7) is 9.87. The number of aromatic nitrogens is 3. The Kier molecular flexibility index (Phi) is 5.76. The van der Waals surface area contributed by atoms with Crippen LogP contribution in [0.1, 0.15) is 6.92 Å². The maximum absolute atomic E-state index is 11.4. The van der Waals surface area contributed by atoms with Crippen molar-refractivity contribution >= 4 is 17.7 Å². The number of carbonyl (C=O) groups excluding carboxylic acids is 1. The predicted octanol–water partition coefficient (Wildman–Crippen LogP) is -0.716. The Labute approximate surface area is 142 Å². The highest BCUT2D eigenvalue weighted by molar-refractivity contribution is 5.73. The van der Waals surface area contributed by atoms with Crippen molar-refractivity contribution in [2.45, 2.75) is 6.92 Å². The van der Waals surface area contributed by atoms with E-state index in [4.69, 9.17) is 4.74 Å². The summed E-state index contributed by atoms with van der Waals surface area (Å²) >= 11 is 0. The van der Waals surface area contributed by atoms with Gasteiger partial charge in [-0.25, -0.2) is 0 Å². The molecule has 2 fully saturated rings. The largest absolute Gasteiger partial charge is 0.379 e. The van der Waals surface area contributed by atoms with Gasteiger partial charge in [0.15, 0.2) is 5.82 Å². The van der Waals surface area contributed by atoms with Crippen LogP contribution >= 0.6 is 0 Å². The number of nitrogens with one attached hydrogen (secondary N) is 1. The molecule has 1 amide bonds. The van der Waals surface area contributed by atoms with Crippen LogP contribution in [-0.2, 0) is 9.53 Å². The zero-order chi connectivity index (χ0) is 16.8. The summed E-state index contributed by atoms with van der Waals surface area (Å²) in [6.07, 6.45) is 1.68. The molecule has 24 heavy (non-hydrogen) atoms. The second-order valence-electron chi connectivity index (χ2n) is 6.01. The number of hydrogen-bond acceptors (Lipinski definition) is 8. The Morgan fingerprint density at radius 1 is 1.21 bits per heavy atom. The average molecular weight is 335 g/mol. The van der Waals surface area contributed by atoms with Gasteiger partial charge in [-0.1, -0.05) is 0 Å². The van der Waals surface area contributed by atoms with E-state index >= 15 is 0 Å². The third kappa shape index (κ3) is 4.51. The lowest BCUT2D eigenvalue weighted by Crippen LogP contribution is -2.48. The van der Waals surface area contributed by atoms with Gasteiger partial charge in [-0.2, -0.15) is 10.1 Å². The van der Waals surface area contributed by atoms with Gasteiger partial charge < -0.3 is 19.9 Å². The van der Waals surface area contributed by atoms with Crippen molar-refractivity contribution in [2.24, 2.45) is 0 Å². The predicted molar refractivity (Wildman–Crippen MR) is 90.0 cm³/mol. The number of ether oxygens (including phenoxy) is 1. The molecule has 0 aliphatic carbocycles. The minimum absolute atomic E-state index is 0.126. The monoisotopic (exact) mass is 335 g/mol. The highest BCUT2D eigenvalue weighted by atomic mass is 16.5. The normalized spacial score (nSPS) is 19.4. The second kappa shape index (κ2) is 8.20. The van der Waals surface area contributed by atoms with E-state index in [9.17, 15) is 4.79 Å². The quantitative estimate of drug-likeness (QED) is 0.755. The lowest BCUT2D eigenvalue weighted by molar-refractivity contribution is -0.129. The summed E-state index contributed by atoms with van der Waals surface area (Å²) in [5.41, 5.74) is 0. The molecule has 1 aromatic rings. The molecule has 2 saturated heterocycles. The number of nitrogens with zero attached hydrogens (tertiary/aromatic N) is 6. The van der Waals surface area contributed by atoms with Crippen molar-refractivity contribution in [1.29, 1.82) is 0 Å². The fraction of sp³-hybridized carbons (Fsp3) is 0.733. The van der Waals surface area contributed by atoms with Crippen molar-refractivity contribution in [3.63, 3.8) is 0 Å². The van der Waals surface area contributed by atoms with Crippen LogP contribution in [0.4, 0.5) is 11.8 Å². The molecule has 2 aliphatic rings. The molecule has 0 unspecified atom stereocenters. The number of morpholine rings is 1. The second-order valence-corrected chi connectivity index (χ2v) is 6.01. The van der Waals surface area contributed by atoms with Gasteiger partial charge in [0, 0.05) is 59.3 Å². The highest BCUT2D eigenvalue weighted by Crippen LogP contribution is 2.13. The first-order chi connectivity index (χ1) is 11.7. The van der Waals surface area contributed by atoms with E-state index in [1.807, 2.05) is 4.90 Å². The van der Waals surface area contributed by atoms with E-state index in [2.05, 4.69) is 30.3 Å². The number of amides is 1. The van der Waals surface area contributed by atoms with Crippen LogP contribution in [-0.4, -0.2) is 96.5 Å². The van der Waals surface area contributed by atoms with E-state index in [0.29, 0.717) is 5.95 Å². The lowest BCUT2D eigenvalue weighted by atomic mass is 10.3. The Morgan fingerprint density at radius 2 is 1.96 bits per heavy atom. The summed E-state index contributed by atoms with van der Waals surface area (Å²) < 4.78 is 5.34. The molecule has 1 aromatic heterocycles. The van der Waals surface area contributed by atoms with Crippen molar-refractivity contribution < 1.29 is 9.53 Å². The molecule has 0 bridgehead atoms. The molecule has 9 nitrogen and oxygen atoms in total. The van der Waals surface area contributed by atoms with Crippen LogP contribution in [0, 0.1) is 0 Å². The topological polar surface area (TPSA) is 86.7 Å². The Morgan fingerprint density at radius 3 is 2.67 bits per heavy atom. The van der Waals surface area contributed by atoms with E-state index in [0.717, 1.165) is 71.4 Å². The van der Waals surface area contributed by atoms with Gasteiger partial charge in [0.25, 0.3) is 0 Å². The minimum Gasteiger partial charge on any atom is -0.379 e. The number of anilines is 2. The zero-order valence-corrected chi connectivity index (χ0v) is 14.1. The molecule has 2 aliphatic heterocycles. The Hall–Kier alpha value is -2.00. The first-order valence-electron chi connectivity index (χ1n) is 8.46. The molecule has 1 N–H and O–H groups in total. The maximum atomic E-state index is 11.4. The molecule has 3 heterocycles. The third-order valence-electron chi connectivity index (χ3n) is 4.41. The average Bonchev–Trinajstić information content (AvgIpc) is 2.63. The van der Waals surface area contributed by atoms with Gasteiger partial charge in [-0.05, 0) is 0 Å². The maximum Gasteiger partial charge on any atom is 0.244 e. The molecular formula is C15H25N7O2. The summed E-state index contributed by atoms with van der Waals surface area (Å²) in [4.78, 5) is 22.3. The van der Waals surface area contributed by atoms with Gasteiger partial charge >= 0.3 is 0 Å². The van der Waals surface area contributed by atoms with Gasteiger partial charge in [0.1, 0.15) is 0 Å². The third-order valence-corrected chi connectivity index (χ3v) is 4.41. The summed E-state index contributed by atoms with van der Waals surface area (Å²) in [6, 6.07) is 0. The number of hydrogen-bond donors (Lipinski definition) is 1. The van der Waals surface area contributed by atoms with E-state index in [-0.39, 0.29) is 5.91 Å². The zero-order valence-electron chi connectivity index (χ0n) is 14.1. The van der Waals surface area contributed by atoms with Crippen LogP contribution in [0.3, 0.4) is 0 Å². The molecule has 9 heteroatoms. The van der Waals surface area contributed by atoms with E-state index < -0.39 is 0 Å². The summed E-state index contributed by atoms with van der Waals surface area (Å²) in [5, 5.41) is 11.3. The highest BCUT2D eigenvalue weighted by Gasteiger charge is 2.20. The van der Waals surface area contributed by atoms with Crippen molar-refractivity contribution in [3.05, 3.63) is 6.20 Å². The van der Waals surface area contributed by atoms with Crippen LogP contribution in [0.2, 0.25) is 0 Å². The number of rotatable bonds is 5. The van der Waals surface area contributed by atoms with Crippen LogP contribution in [0.5, 0.6) is 0 Å². The SMILES string of the molecule is CC(=O)N1CCN(c2cnnc(NCCN3CCOCC3)n2)CC1. The van der Waals surface area contributed by atoms with Crippen molar-refractivity contribution in [1.82, 2.24) is 25.0 Å². The molecule has 0 radical (unpaired) electrons. The molecular weight excluding hydrogens is 310 g/mol. The summed E-state index contributed by atoms with van der Waals surface area (Å²) in [5.74, 6) is 1.48. The first-order valence-corrected chi connectivity index (χ1v) is 8.46. The van der Waals surface area contributed by atoms with Gasteiger partial charge in [-0.3, -0.25) is 9.69 Å². The van der Waals surface area contributed by atoms with Gasteiger partial charge in [-0.15, -0.1) is 5.10 Å². The Balaban J connectivity index is 1.48. The Bertz CT molecular complexity index is 542. The molecule has 3 rings (SSSR count). The standard InChI is InChI=1S/C15H25N7O2/c1-13(23)21-4-6-22(7-5-21)14-12-17-19-15(18-14)16-2-3-20-8-10-24-11-9-20/h12H,2-11H2,1H3,(H,16,18,19). The van der Waals surface area contributed by atoms with Gasteiger partial charge in [0.2, 0.25) is 11.9 Å². The molecule has 0 atom stereocenters. The fourth-order valence-corrected chi connectivity index (χ4v) is 2.92. The van der Waals surface area contributed by atoms with Crippen LogP contribution < -0.4 is 10.2 Å². The molecule has 0 saturated carbocycles. The summed E-state index contributed by atoms with van der Waals surface area (Å²) in [7, 11) is 0. The van der Waals surface area contributed by atoms with E-state index in [1.165, 1.54) is 0 Å². The van der Waals surface area contributed by atoms with Crippen molar-refractivity contribution in [3.8, 4) is 0 Å². The fourth-order valence-electron chi connectivity index (χ4n) is 2.92.